The fourth-order valence-corrected chi connectivity index (χ4v) is 2.79. The second-order valence-electron chi connectivity index (χ2n) is 7.16. The molecule has 1 N–H and O–H groups in total. The van der Waals surface area contributed by atoms with E-state index in [4.69, 9.17) is 12.6 Å². The van der Waals surface area contributed by atoms with Gasteiger partial charge >= 0.3 is 6.09 Å². The maximum atomic E-state index is 13.4. The minimum absolute atomic E-state index is 0.0734. The maximum Gasteiger partial charge on any atom is 0.410 e. The van der Waals surface area contributed by atoms with Crippen LogP contribution in [0, 0.1) is 17.6 Å². The van der Waals surface area contributed by atoms with E-state index in [1.165, 1.54) is 4.90 Å². The topological polar surface area (TPSA) is 58.6 Å². The third-order valence-electron chi connectivity index (χ3n) is 4.04. The van der Waals surface area contributed by atoms with E-state index in [1.54, 1.807) is 27.7 Å². The van der Waals surface area contributed by atoms with Crippen molar-refractivity contribution in [2.24, 2.45) is 5.92 Å². The Kier molecular flexibility index (Phi) is 5.39. The molecule has 2 rings (SSSR count). The van der Waals surface area contributed by atoms with Crippen LogP contribution in [0.3, 0.4) is 0 Å². The highest BCUT2D eigenvalue weighted by atomic mass is 19.2. The Hall–Kier alpha value is -2.12. The van der Waals surface area contributed by atoms with E-state index < -0.39 is 29.2 Å². The van der Waals surface area contributed by atoms with Gasteiger partial charge in [-0.15, -0.1) is 0 Å². The molecule has 1 aliphatic heterocycles. The molecule has 1 fully saturated rings. The largest absolute Gasteiger partial charge is 0.444 e. The van der Waals surface area contributed by atoms with Crippen LogP contribution in [0.2, 0.25) is 0 Å². The number of benzene rings is 1. The second-order valence-corrected chi connectivity index (χ2v) is 7.16. The van der Waals surface area contributed by atoms with Gasteiger partial charge in [-0.25, -0.2) is 13.6 Å². The van der Waals surface area contributed by atoms with Crippen molar-refractivity contribution in [3.05, 3.63) is 23.8 Å². The van der Waals surface area contributed by atoms with Crippen molar-refractivity contribution < 1.29 is 23.1 Å². The predicted octanol–water partition coefficient (Wildman–Crippen LogP) is 2.34. The first-order chi connectivity index (χ1) is 11.5. The first-order valence-corrected chi connectivity index (χ1v) is 8.04. The van der Waals surface area contributed by atoms with Crippen LogP contribution in [-0.2, 0) is 9.53 Å². The zero-order chi connectivity index (χ0) is 18.9. The molecule has 1 aliphatic rings. The van der Waals surface area contributed by atoms with Crippen LogP contribution >= 0.6 is 0 Å². The molecule has 1 aromatic carbocycles. The number of hydrogen-bond donors (Lipinski definition) is 1. The minimum atomic E-state index is -1.15. The van der Waals surface area contributed by atoms with Gasteiger partial charge in [0.25, 0.3) is 0 Å². The smallest absolute Gasteiger partial charge is 0.410 e. The molecule has 2 radical (unpaired) electrons. The Bertz CT molecular complexity index is 668. The number of halogens is 2. The van der Waals surface area contributed by atoms with Crippen molar-refractivity contribution in [3.8, 4) is 0 Å². The van der Waals surface area contributed by atoms with Crippen LogP contribution in [0.4, 0.5) is 19.3 Å². The average Bonchev–Trinajstić information content (AvgIpc) is 2.84. The maximum absolute atomic E-state index is 13.4. The first kappa shape index (κ1) is 19.2. The molecule has 2 unspecified atom stereocenters. The van der Waals surface area contributed by atoms with E-state index in [2.05, 4.69) is 5.32 Å². The average molecular weight is 350 g/mol. The van der Waals surface area contributed by atoms with E-state index in [0.29, 0.717) is 13.0 Å². The van der Waals surface area contributed by atoms with E-state index in [0.717, 1.165) is 12.1 Å². The Labute approximate surface area is 147 Å². The molecular formula is C17H21BF2N2O3. The molecule has 8 heteroatoms. The lowest BCUT2D eigenvalue weighted by Gasteiger charge is -2.28. The number of hydrogen-bond acceptors (Lipinski definition) is 3. The third-order valence-corrected chi connectivity index (χ3v) is 4.04. The van der Waals surface area contributed by atoms with Gasteiger partial charge in [0.05, 0.1) is 5.92 Å². The van der Waals surface area contributed by atoms with E-state index in [1.807, 2.05) is 0 Å². The first-order valence-electron chi connectivity index (χ1n) is 8.04. The Morgan fingerprint density at radius 3 is 2.52 bits per heavy atom. The van der Waals surface area contributed by atoms with E-state index in [9.17, 15) is 18.4 Å². The molecule has 134 valence electrons. The monoisotopic (exact) mass is 350 g/mol. The molecule has 0 saturated carbocycles. The summed E-state index contributed by atoms with van der Waals surface area (Å²) in [7, 11) is 5.36. The van der Waals surface area contributed by atoms with Crippen LogP contribution in [0.1, 0.15) is 34.1 Å². The molecule has 2 amide bonds. The lowest BCUT2D eigenvalue weighted by molar-refractivity contribution is -0.120. The van der Waals surface area contributed by atoms with E-state index in [-0.39, 0.29) is 23.1 Å². The van der Waals surface area contributed by atoms with Crippen molar-refractivity contribution in [1.82, 2.24) is 4.90 Å². The molecule has 1 saturated heterocycles. The molecule has 1 heterocycles. The van der Waals surface area contributed by atoms with Crippen LogP contribution in [0.25, 0.3) is 0 Å². The molecule has 1 aromatic rings. The number of likely N-dealkylation sites (tertiary alicyclic amines) is 1. The predicted molar refractivity (Wildman–Crippen MR) is 90.9 cm³/mol. The van der Waals surface area contributed by atoms with Crippen molar-refractivity contribution in [2.75, 3.05) is 11.9 Å². The fourth-order valence-electron chi connectivity index (χ4n) is 2.79. The number of ether oxygens (including phenoxy) is 1. The minimum Gasteiger partial charge on any atom is -0.444 e. The SMILES string of the molecule is [B]c1cc(NC(=O)C2CCN(C(=O)OC(C)(C)C)C2C)cc(F)c1F. The zero-order valence-corrected chi connectivity index (χ0v) is 14.7. The van der Waals surface area contributed by atoms with Crippen LogP contribution in [-0.4, -0.2) is 42.9 Å². The lowest BCUT2D eigenvalue weighted by atomic mass is 9.94. The summed E-state index contributed by atoms with van der Waals surface area (Å²) in [4.78, 5) is 26.1. The van der Waals surface area contributed by atoms with Crippen LogP contribution < -0.4 is 10.8 Å². The highest BCUT2D eigenvalue weighted by Crippen LogP contribution is 2.27. The van der Waals surface area contributed by atoms with Gasteiger partial charge in [-0.05, 0) is 40.2 Å². The molecule has 2 atom stereocenters. The fraction of sp³-hybridized carbons (Fsp3) is 0.529. The highest BCUT2D eigenvalue weighted by molar-refractivity contribution is 6.32. The van der Waals surface area contributed by atoms with Gasteiger partial charge in [-0.2, -0.15) is 0 Å². The summed E-state index contributed by atoms with van der Waals surface area (Å²) >= 11 is 0. The number of carbonyl (C=O) groups is 2. The van der Waals surface area contributed by atoms with Gasteiger partial charge in [-0.1, -0.05) is 5.46 Å². The van der Waals surface area contributed by atoms with Crippen LogP contribution in [0.5, 0.6) is 0 Å². The number of rotatable bonds is 2. The summed E-state index contributed by atoms with van der Waals surface area (Å²) in [6.45, 7) is 7.44. The van der Waals surface area contributed by atoms with Gasteiger partial charge < -0.3 is 15.0 Å². The lowest BCUT2D eigenvalue weighted by Crippen LogP contribution is -2.41. The summed E-state index contributed by atoms with van der Waals surface area (Å²) in [6, 6.07) is 1.65. The summed E-state index contributed by atoms with van der Waals surface area (Å²) < 4.78 is 31.9. The molecular weight excluding hydrogens is 329 g/mol. The molecule has 25 heavy (non-hydrogen) atoms. The van der Waals surface area contributed by atoms with Crippen molar-refractivity contribution in [3.63, 3.8) is 0 Å². The molecule has 5 nitrogen and oxygen atoms in total. The quantitative estimate of drug-likeness (QED) is 0.833. The highest BCUT2D eigenvalue weighted by Gasteiger charge is 2.39. The Balaban J connectivity index is 2.05. The van der Waals surface area contributed by atoms with Gasteiger partial charge in [0.1, 0.15) is 13.4 Å². The summed E-state index contributed by atoms with van der Waals surface area (Å²) in [5.74, 6) is -3.15. The molecule has 0 aliphatic carbocycles. The van der Waals surface area contributed by atoms with Crippen LogP contribution in [0.15, 0.2) is 12.1 Å². The Morgan fingerprint density at radius 1 is 1.32 bits per heavy atom. The summed E-state index contributed by atoms with van der Waals surface area (Å²) in [6.07, 6.45) is -0.0295. The standard InChI is InChI=1S/C17H21BF2N2O3/c1-9-11(5-6-22(9)16(24)25-17(2,3)4)15(23)21-10-7-12(18)14(20)13(19)8-10/h7-9,11H,5-6H2,1-4H3,(H,21,23). The molecule has 0 spiro atoms. The summed E-state index contributed by atoms with van der Waals surface area (Å²) in [5, 5.41) is 2.53. The number of nitrogens with one attached hydrogen (secondary N) is 1. The van der Waals surface area contributed by atoms with Crippen molar-refractivity contribution >= 4 is 31.0 Å². The second kappa shape index (κ2) is 7.02. The van der Waals surface area contributed by atoms with Gasteiger partial charge in [0, 0.05) is 24.3 Å². The molecule has 0 bridgehead atoms. The van der Waals surface area contributed by atoms with Crippen molar-refractivity contribution in [2.45, 2.75) is 45.8 Å². The van der Waals surface area contributed by atoms with Gasteiger partial charge in [-0.3, -0.25) is 4.79 Å². The number of nitrogens with zero attached hydrogens (tertiary/aromatic N) is 1. The molecule has 0 aromatic heterocycles. The Morgan fingerprint density at radius 2 is 1.96 bits per heavy atom. The van der Waals surface area contributed by atoms with Gasteiger partial charge in [0.15, 0.2) is 11.6 Å². The van der Waals surface area contributed by atoms with Gasteiger partial charge in [0.2, 0.25) is 5.91 Å². The summed E-state index contributed by atoms with van der Waals surface area (Å²) in [5.41, 5.74) is -0.935. The van der Waals surface area contributed by atoms with E-state index >= 15 is 0 Å². The van der Waals surface area contributed by atoms with Crippen molar-refractivity contribution in [1.29, 1.82) is 0 Å². The normalized spacial score (nSPS) is 20.5. The third kappa shape index (κ3) is 4.49. The number of amides is 2. The number of carbonyl (C=O) groups excluding carboxylic acids is 2. The number of anilines is 1. The zero-order valence-electron chi connectivity index (χ0n) is 14.7.